The van der Waals surface area contributed by atoms with Crippen molar-refractivity contribution >= 4 is 5.91 Å². The molecule has 21 heavy (non-hydrogen) atoms. The second-order valence-electron chi connectivity index (χ2n) is 6.01. The van der Waals surface area contributed by atoms with E-state index in [4.69, 9.17) is 10.5 Å². The van der Waals surface area contributed by atoms with Gasteiger partial charge in [0.2, 0.25) is 5.91 Å². The van der Waals surface area contributed by atoms with Crippen molar-refractivity contribution in [1.29, 1.82) is 0 Å². The van der Waals surface area contributed by atoms with Gasteiger partial charge in [-0.3, -0.25) is 4.79 Å². The van der Waals surface area contributed by atoms with Gasteiger partial charge in [0, 0.05) is 26.3 Å². The molecule has 2 rings (SSSR count). The lowest BCUT2D eigenvalue weighted by Crippen LogP contribution is -2.56. The van der Waals surface area contributed by atoms with E-state index in [0.29, 0.717) is 32.6 Å². The van der Waals surface area contributed by atoms with Crippen LogP contribution in [0.4, 0.5) is 0 Å². The molecule has 0 saturated carbocycles. The molecule has 1 heterocycles. The number of rotatable bonds is 5. The Hall–Kier alpha value is -1.43. The maximum absolute atomic E-state index is 12.3. The predicted octanol–water partition coefficient (Wildman–Crippen LogP) is 0.872. The summed E-state index contributed by atoms with van der Waals surface area (Å²) < 4.78 is 5.27. The Morgan fingerprint density at radius 1 is 1.33 bits per heavy atom. The summed E-state index contributed by atoms with van der Waals surface area (Å²) in [5, 5.41) is 2.96. The van der Waals surface area contributed by atoms with E-state index in [1.54, 1.807) is 0 Å². The molecule has 1 aliphatic rings. The maximum atomic E-state index is 12.3. The number of hydrogen-bond acceptors (Lipinski definition) is 4. The molecule has 0 atom stereocenters. The summed E-state index contributed by atoms with van der Waals surface area (Å²) in [7, 11) is 4.08. The summed E-state index contributed by atoms with van der Waals surface area (Å²) in [6.45, 7) is 2.52. The highest BCUT2D eigenvalue weighted by molar-refractivity contribution is 5.86. The molecule has 1 saturated heterocycles. The monoisotopic (exact) mass is 291 g/mol. The molecular formula is C16H25N3O2. The number of nitrogens with two attached hydrogens (primary N) is 1. The van der Waals surface area contributed by atoms with Gasteiger partial charge in [-0.25, -0.2) is 0 Å². The molecule has 0 bridgehead atoms. The Labute approximate surface area is 126 Å². The number of benzene rings is 1. The van der Waals surface area contributed by atoms with Gasteiger partial charge in [0.05, 0.1) is 5.54 Å². The highest BCUT2D eigenvalue weighted by atomic mass is 16.5. The molecule has 1 fully saturated rings. The molecule has 1 aliphatic heterocycles. The van der Waals surface area contributed by atoms with E-state index in [1.165, 1.54) is 5.56 Å². The van der Waals surface area contributed by atoms with Gasteiger partial charge in [-0.2, -0.15) is 0 Å². The summed E-state index contributed by atoms with van der Waals surface area (Å²) >= 11 is 0. The second-order valence-corrected chi connectivity index (χ2v) is 6.01. The van der Waals surface area contributed by atoms with E-state index in [0.717, 1.165) is 12.1 Å². The van der Waals surface area contributed by atoms with Gasteiger partial charge in [-0.05, 0) is 38.1 Å². The van der Waals surface area contributed by atoms with Crippen LogP contribution in [-0.2, 0) is 22.6 Å². The van der Waals surface area contributed by atoms with E-state index >= 15 is 0 Å². The van der Waals surface area contributed by atoms with E-state index in [-0.39, 0.29) is 5.91 Å². The summed E-state index contributed by atoms with van der Waals surface area (Å²) in [6, 6.07) is 8.25. The first-order chi connectivity index (χ1) is 9.99. The first-order valence-corrected chi connectivity index (χ1v) is 7.37. The standard InChI is InChI=1S/C16H25N3O2/c1-19(2)12-14-5-3-4-13(10-14)11-18-15(20)16(17)6-8-21-9-7-16/h3-5,10H,6-9,11-12,17H2,1-2H3,(H,18,20). The molecule has 1 aromatic rings. The van der Waals surface area contributed by atoms with E-state index < -0.39 is 5.54 Å². The molecule has 1 amide bonds. The zero-order valence-corrected chi connectivity index (χ0v) is 12.9. The van der Waals surface area contributed by atoms with Gasteiger partial charge in [-0.15, -0.1) is 0 Å². The molecule has 3 N–H and O–H groups in total. The highest BCUT2D eigenvalue weighted by Crippen LogP contribution is 2.18. The number of amides is 1. The van der Waals surface area contributed by atoms with E-state index in [2.05, 4.69) is 22.3 Å². The fourth-order valence-corrected chi connectivity index (χ4v) is 2.52. The molecule has 0 aromatic heterocycles. The van der Waals surface area contributed by atoms with E-state index in [9.17, 15) is 4.79 Å². The average Bonchev–Trinajstić information content (AvgIpc) is 2.45. The van der Waals surface area contributed by atoms with Crippen LogP contribution in [0.5, 0.6) is 0 Å². The summed E-state index contributed by atoms with van der Waals surface area (Å²) in [6.07, 6.45) is 1.17. The number of nitrogens with one attached hydrogen (secondary N) is 1. The molecule has 5 nitrogen and oxygen atoms in total. The molecule has 0 radical (unpaired) electrons. The molecule has 1 aromatic carbocycles. The quantitative estimate of drug-likeness (QED) is 0.845. The minimum Gasteiger partial charge on any atom is -0.381 e. The third-order valence-corrected chi connectivity index (χ3v) is 3.78. The van der Waals surface area contributed by atoms with Crippen LogP contribution in [0.3, 0.4) is 0 Å². The van der Waals surface area contributed by atoms with Crippen molar-refractivity contribution in [3.63, 3.8) is 0 Å². The van der Waals surface area contributed by atoms with Crippen molar-refractivity contribution in [1.82, 2.24) is 10.2 Å². The van der Waals surface area contributed by atoms with Crippen LogP contribution in [0.2, 0.25) is 0 Å². The van der Waals surface area contributed by atoms with Crippen molar-refractivity contribution in [3.05, 3.63) is 35.4 Å². The number of hydrogen-bond donors (Lipinski definition) is 2. The Bertz CT molecular complexity index is 482. The molecule has 116 valence electrons. The van der Waals surface area contributed by atoms with Crippen LogP contribution in [0.1, 0.15) is 24.0 Å². The van der Waals surface area contributed by atoms with Crippen LogP contribution < -0.4 is 11.1 Å². The smallest absolute Gasteiger partial charge is 0.240 e. The lowest BCUT2D eigenvalue weighted by atomic mass is 9.90. The zero-order chi connectivity index (χ0) is 15.3. The van der Waals surface area contributed by atoms with Crippen molar-refractivity contribution in [2.45, 2.75) is 31.5 Å². The van der Waals surface area contributed by atoms with Crippen molar-refractivity contribution in [2.75, 3.05) is 27.3 Å². The van der Waals surface area contributed by atoms with E-state index in [1.807, 2.05) is 26.2 Å². The van der Waals surface area contributed by atoms with Crippen LogP contribution >= 0.6 is 0 Å². The molecule has 0 spiro atoms. The minimum atomic E-state index is -0.778. The molecular weight excluding hydrogens is 266 g/mol. The first-order valence-electron chi connectivity index (χ1n) is 7.37. The van der Waals surface area contributed by atoms with Gasteiger partial charge >= 0.3 is 0 Å². The lowest BCUT2D eigenvalue weighted by Gasteiger charge is -2.31. The summed E-state index contributed by atoms with van der Waals surface area (Å²) in [4.78, 5) is 14.4. The fraction of sp³-hybridized carbons (Fsp3) is 0.562. The topological polar surface area (TPSA) is 67.6 Å². The van der Waals surface area contributed by atoms with Crippen LogP contribution in [0.15, 0.2) is 24.3 Å². The minimum absolute atomic E-state index is 0.0798. The Morgan fingerprint density at radius 3 is 2.67 bits per heavy atom. The van der Waals surface area contributed by atoms with Crippen LogP contribution in [0.25, 0.3) is 0 Å². The second kappa shape index (κ2) is 7.02. The van der Waals surface area contributed by atoms with Crippen LogP contribution in [0, 0.1) is 0 Å². The predicted molar refractivity (Wildman–Crippen MR) is 82.7 cm³/mol. The van der Waals surface area contributed by atoms with Gasteiger partial charge in [0.1, 0.15) is 0 Å². The largest absolute Gasteiger partial charge is 0.381 e. The number of carbonyl (C=O) groups excluding carboxylic acids is 1. The number of ether oxygens (including phenoxy) is 1. The molecule has 0 aliphatic carbocycles. The average molecular weight is 291 g/mol. The molecule has 0 unspecified atom stereocenters. The maximum Gasteiger partial charge on any atom is 0.240 e. The van der Waals surface area contributed by atoms with Crippen molar-refractivity contribution in [2.24, 2.45) is 5.73 Å². The summed E-state index contributed by atoms with van der Waals surface area (Å²) in [5.41, 5.74) is 7.72. The number of nitrogens with zero attached hydrogens (tertiary/aromatic N) is 1. The fourth-order valence-electron chi connectivity index (χ4n) is 2.52. The normalized spacial score (nSPS) is 17.7. The van der Waals surface area contributed by atoms with Gasteiger partial charge in [-0.1, -0.05) is 24.3 Å². The third-order valence-electron chi connectivity index (χ3n) is 3.78. The SMILES string of the molecule is CN(C)Cc1cccc(CNC(=O)C2(N)CCOCC2)c1. The van der Waals surface area contributed by atoms with Gasteiger partial charge < -0.3 is 20.7 Å². The highest BCUT2D eigenvalue weighted by Gasteiger charge is 2.35. The van der Waals surface area contributed by atoms with Crippen molar-refractivity contribution in [3.8, 4) is 0 Å². The zero-order valence-electron chi connectivity index (χ0n) is 12.9. The summed E-state index contributed by atoms with van der Waals surface area (Å²) in [5.74, 6) is -0.0798. The Morgan fingerprint density at radius 2 is 2.00 bits per heavy atom. The number of carbonyl (C=O) groups is 1. The first kappa shape index (κ1) is 15.9. The van der Waals surface area contributed by atoms with Gasteiger partial charge in [0.25, 0.3) is 0 Å². The van der Waals surface area contributed by atoms with Gasteiger partial charge in [0.15, 0.2) is 0 Å². The molecule has 5 heteroatoms. The Balaban J connectivity index is 1.91. The van der Waals surface area contributed by atoms with Crippen molar-refractivity contribution < 1.29 is 9.53 Å². The Kier molecular flexibility index (Phi) is 5.33. The third kappa shape index (κ3) is 4.52. The lowest BCUT2D eigenvalue weighted by molar-refractivity contribution is -0.129. The van der Waals surface area contributed by atoms with Crippen LogP contribution in [-0.4, -0.2) is 43.7 Å².